The first-order valence-corrected chi connectivity index (χ1v) is 5.68. The quantitative estimate of drug-likeness (QED) is 0.740. The topological polar surface area (TPSA) is 41.5 Å². The highest BCUT2D eigenvalue weighted by Crippen LogP contribution is 2.33. The van der Waals surface area contributed by atoms with Crippen LogP contribution in [0.1, 0.15) is 46.5 Å². The molecule has 0 aromatic heterocycles. The monoisotopic (exact) mass is 237 g/mol. The van der Waals surface area contributed by atoms with E-state index in [1.807, 2.05) is 0 Å². The van der Waals surface area contributed by atoms with Crippen molar-refractivity contribution in [3.8, 4) is 0 Å². The van der Waals surface area contributed by atoms with Crippen LogP contribution in [0, 0.1) is 0 Å². The third-order valence-electron chi connectivity index (χ3n) is 2.48. The highest BCUT2D eigenvalue weighted by Gasteiger charge is 2.37. The Morgan fingerprint density at radius 2 is 2.06 bits per heavy atom. The van der Waals surface area contributed by atoms with E-state index in [1.54, 1.807) is 20.8 Å². The number of hydrogen-bond donors (Lipinski definition) is 2. The Labute approximate surface area is 95.2 Å². The molecule has 0 aliphatic heterocycles. The summed E-state index contributed by atoms with van der Waals surface area (Å²) >= 11 is 0. The van der Waals surface area contributed by atoms with E-state index in [2.05, 4.69) is 5.32 Å². The molecule has 0 aromatic rings. The SMILES string of the molecule is CC(C)(C)OC(O)N[C@@H]1CCCC(F)(F)C1. The first-order chi connectivity index (χ1) is 7.18. The van der Waals surface area contributed by atoms with Crippen molar-refractivity contribution >= 4 is 0 Å². The van der Waals surface area contributed by atoms with Gasteiger partial charge in [-0.15, -0.1) is 0 Å². The Morgan fingerprint density at radius 3 is 2.56 bits per heavy atom. The maximum atomic E-state index is 13.1. The summed E-state index contributed by atoms with van der Waals surface area (Å²) in [5.74, 6) is -2.61. The van der Waals surface area contributed by atoms with Gasteiger partial charge in [0, 0.05) is 18.9 Å². The lowest BCUT2D eigenvalue weighted by Gasteiger charge is -2.32. The first kappa shape index (κ1) is 13.8. The van der Waals surface area contributed by atoms with Crippen LogP contribution in [0.2, 0.25) is 0 Å². The van der Waals surface area contributed by atoms with Crippen LogP contribution in [-0.2, 0) is 4.74 Å². The lowest BCUT2D eigenvalue weighted by Crippen LogP contribution is -2.47. The molecule has 0 saturated heterocycles. The van der Waals surface area contributed by atoms with Crippen LogP contribution in [0.4, 0.5) is 8.78 Å². The molecule has 0 bridgehead atoms. The van der Waals surface area contributed by atoms with Gasteiger partial charge in [0.25, 0.3) is 0 Å². The zero-order chi connectivity index (χ0) is 12.4. The summed E-state index contributed by atoms with van der Waals surface area (Å²) in [7, 11) is 0. The maximum absolute atomic E-state index is 13.1. The van der Waals surface area contributed by atoms with Crippen molar-refractivity contribution in [2.45, 2.75) is 70.4 Å². The lowest BCUT2D eigenvalue weighted by atomic mass is 9.92. The fraction of sp³-hybridized carbons (Fsp3) is 1.00. The van der Waals surface area contributed by atoms with Crippen LogP contribution >= 0.6 is 0 Å². The Hall–Kier alpha value is -0.260. The second-order valence-electron chi connectivity index (χ2n) is 5.40. The van der Waals surface area contributed by atoms with Crippen LogP contribution in [0.25, 0.3) is 0 Å². The fourth-order valence-corrected chi connectivity index (χ4v) is 1.88. The molecule has 1 aliphatic rings. The van der Waals surface area contributed by atoms with Crippen molar-refractivity contribution < 1.29 is 18.6 Å². The first-order valence-electron chi connectivity index (χ1n) is 5.68. The van der Waals surface area contributed by atoms with E-state index < -0.39 is 17.9 Å². The van der Waals surface area contributed by atoms with Crippen molar-refractivity contribution in [1.82, 2.24) is 5.32 Å². The predicted molar refractivity (Wildman–Crippen MR) is 57.2 cm³/mol. The van der Waals surface area contributed by atoms with Gasteiger partial charge >= 0.3 is 0 Å². The lowest BCUT2D eigenvalue weighted by molar-refractivity contribution is -0.190. The summed E-state index contributed by atoms with van der Waals surface area (Å²) in [6.45, 7) is 5.40. The van der Waals surface area contributed by atoms with Gasteiger partial charge in [-0.2, -0.15) is 0 Å². The second kappa shape index (κ2) is 4.94. The summed E-state index contributed by atoms with van der Waals surface area (Å²) in [6, 6.07) is -0.374. The number of aliphatic hydroxyl groups excluding tert-OH is 1. The van der Waals surface area contributed by atoms with E-state index in [4.69, 9.17) is 4.74 Å². The maximum Gasteiger partial charge on any atom is 0.249 e. The smallest absolute Gasteiger partial charge is 0.249 e. The molecule has 1 aliphatic carbocycles. The van der Waals surface area contributed by atoms with Crippen molar-refractivity contribution in [2.75, 3.05) is 0 Å². The van der Waals surface area contributed by atoms with Gasteiger partial charge < -0.3 is 9.84 Å². The molecule has 0 radical (unpaired) electrons. The molecular weight excluding hydrogens is 216 g/mol. The molecule has 2 atom stereocenters. The van der Waals surface area contributed by atoms with Crippen LogP contribution < -0.4 is 5.32 Å². The van der Waals surface area contributed by atoms with E-state index >= 15 is 0 Å². The van der Waals surface area contributed by atoms with Crippen molar-refractivity contribution in [1.29, 1.82) is 0 Å². The van der Waals surface area contributed by atoms with Crippen molar-refractivity contribution in [2.24, 2.45) is 0 Å². The number of rotatable bonds is 3. The summed E-state index contributed by atoms with van der Waals surface area (Å²) in [5, 5.41) is 12.2. The van der Waals surface area contributed by atoms with E-state index in [0.29, 0.717) is 12.8 Å². The molecule has 1 saturated carbocycles. The van der Waals surface area contributed by atoms with Gasteiger partial charge in [0.2, 0.25) is 12.3 Å². The van der Waals surface area contributed by atoms with Gasteiger partial charge in [-0.3, -0.25) is 5.32 Å². The van der Waals surface area contributed by atoms with Gasteiger partial charge in [-0.05, 0) is 33.6 Å². The number of aliphatic hydroxyl groups is 1. The molecule has 1 unspecified atom stereocenters. The summed E-state index contributed by atoms with van der Waals surface area (Å²) in [6.07, 6.45) is -0.328. The molecule has 1 fully saturated rings. The minimum absolute atomic E-state index is 0.0542. The molecule has 5 heteroatoms. The Morgan fingerprint density at radius 1 is 1.44 bits per heavy atom. The second-order valence-corrected chi connectivity index (χ2v) is 5.40. The molecule has 2 N–H and O–H groups in total. The largest absolute Gasteiger partial charge is 0.356 e. The summed E-state index contributed by atoms with van der Waals surface area (Å²) in [4.78, 5) is 0. The number of halogens is 2. The number of ether oxygens (including phenoxy) is 1. The molecule has 0 heterocycles. The zero-order valence-electron chi connectivity index (χ0n) is 10.1. The Bertz CT molecular complexity index is 229. The predicted octanol–water partition coefficient (Wildman–Crippen LogP) is 2.24. The normalized spacial score (nSPS) is 27.8. The standard InChI is InChI=1S/C11H21F2NO2/c1-10(2,3)16-9(15)14-8-5-4-6-11(12,13)7-8/h8-9,14-15H,4-7H2,1-3H3/t8-,9?/m1/s1. The van der Waals surface area contributed by atoms with Crippen molar-refractivity contribution in [3.63, 3.8) is 0 Å². The van der Waals surface area contributed by atoms with E-state index in [1.165, 1.54) is 0 Å². The molecule has 16 heavy (non-hydrogen) atoms. The third kappa shape index (κ3) is 5.18. The van der Waals surface area contributed by atoms with E-state index in [9.17, 15) is 13.9 Å². The van der Waals surface area contributed by atoms with Gasteiger partial charge in [0.05, 0.1) is 5.60 Å². The average Bonchev–Trinajstić information content (AvgIpc) is 1.96. The van der Waals surface area contributed by atoms with Gasteiger partial charge in [0.15, 0.2) is 0 Å². The molecule has 0 spiro atoms. The van der Waals surface area contributed by atoms with Crippen LogP contribution in [-0.4, -0.2) is 29.1 Å². The third-order valence-corrected chi connectivity index (χ3v) is 2.48. The van der Waals surface area contributed by atoms with Gasteiger partial charge in [-0.25, -0.2) is 8.78 Å². The van der Waals surface area contributed by atoms with E-state index in [-0.39, 0.29) is 18.9 Å². The fourth-order valence-electron chi connectivity index (χ4n) is 1.88. The van der Waals surface area contributed by atoms with E-state index in [0.717, 1.165) is 0 Å². The summed E-state index contributed by atoms with van der Waals surface area (Å²) < 4.78 is 31.4. The van der Waals surface area contributed by atoms with Crippen LogP contribution in [0.15, 0.2) is 0 Å². The van der Waals surface area contributed by atoms with Gasteiger partial charge in [0.1, 0.15) is 0 Å². The number of hydrogen-bond acceptors (Lipinski definition) is 3. The summed E-state index contributed by atoms with van der Waals surface area (Å²) in [5.41, 5.74) is -0.496. The molecule has 0 amide bonds. The van der Waals surface area contributed by atoms with Crippen molar-refractivity contribution in [3.05, 3.63) is 0 Å². The zero-order valence-corrected chi connectivity index (χ0v) is 10.1. The molecular formula is C11H21F2NO2. The van der Waals surface area contributed by atoms with Crippen LogP contribution in [0.3, 0.4) is 0 Å². The molecule has 1 rings (SSSR count). The van der Waals surface area contributed by atoms with Crippen LogP contribution in [0.5, 0.6) is 0 Å². The minimum Gasteiger partial charge on any atom is -0.356 e. The highest BCUT2D eigenvalue weighted by atomic mass is 19.3. The number of alkyl halides is 2. The average molecular weight is 237 g/mol. The molecule has 96 valence electrons. The van der Waals surface area contributed by atoms with Gasteiger partial charge in [-0.1, -0.05) is 0 Å². The number of nitrogens with one attached hydrogen (secondary N) is 1. The highest BCUT2D eigenvalue weighted by molar-refractivity contribution is 4.82. The minimum atomic E-state index is -2.61. The molecule has 0 aromatic carbocycles. The molecule has 3 nitrogen and oxygen atoms in total. The Kier molecular flexibility index (Phi) is 4.26. The Balaban J connectivity index is 2.36.